The average molecular weight is 399 g/mol. The summed E-state index contributed by atoms with van der Waals surface area (Å²) in [6, 6.07) is 20.9. The van der Waals surface area contributed by atoms with E-state index in [-0.39, 0.29) is 0 Å². The highest BCUT2D eigenvalue weighted by molar-refractivity contribution is 5.62. The molecule has 4 nitrogen and oxygen atoms in total. The molecule has 0 aliphatic carbocycles. The molecule has 2 aromatic carbocycles. The lowest BCUT2D eigenvalue weighted by Gasteiger charge is -2.08. The van der Waals surface area contributed by atoms with E-state index in [4.69, 9.17) is 0 Å². The van der Waals surface area contributed by atoms with Crippen LogP contribution < -0.4 is 0 Å². The third-order valence-electron chi connectivity index (χ3n) is 5.84. The molecule has 0 fully saturated rings. The Balaban J connectivity index is 1.22. The molecule has 4 aromatic rings. The van der Waals surface area contributed by atoms with Gasteiger partial charge in [0.25, 0.3) is 0 Å². The maximum Gasteiger partial charge on any atom is 0.0955 e. The lowest BCUT2D eigenvalue weighted by Crippen LogP contribution is -2.01. The number of nitrogens with zero attached hydrogens (tertiary/aromatic N) is 4. The standard InChI is InChI=1S/C26H30N4/c1-21-25(23-13-7-5-8-14-23)27-19-29(21)17-11-3-4-12-18-30-20-28-26(22(30)2)24-15-9-6-10-16-24/h5-10,13-16,19-20H,3-4,11-12,17-18H2,1-2H3. The summed E-state index contributed by atoms with van der Waals surface area (Å²) in [7, 11) is 0. The molecule has 0 saturated carbocycles. The van der Waals surface area contributed by atoms with Crippen molar-refractivity contribution in [3.8, 4) is 22.5 Å². The van der Waals surface area contributed by atoms with E-state index in [1.165, 1.54) is 48.2 Å². The van der Waals surface area contributed by atoms with Gasteiger partial charge in [0.05, 0.1) is 24.0 Å². The highest BCUT2D eigenvalue weighted by atomic mass is 15.1. The minimum atomic E-state index is 1.04. The van der Waals surface area contributed by atoms with E-state index >= 15 is 0 Å². The lowest BCUT2D eigenvalue weighted by molar-refractivity contribution is 0.532. The molecule has 0 radical (unpaired) electrons. The average Bonchev–Trinajstić information content (AvgIpc) is 3.34. The molecular weight excluding hydrogens is 368 g/mol. The Labute approximate surface area is 179 Å². The first kappa shape index (κ1) is 20.1. The first-order valence-electron chi connectivity index (χ1n) is 10.9. The van der Waals surface area contributed by atoms with Gasteiger partial charge >= 0.3 is 0 Å². The number of rotatable bonds is 9. The quantitative estimate of drug-likeness (QED) is 0.311. The fraction of sp³-hybridized carbons (Fsp3) is 0.308. The number of hydrogen-bond acceptors (Lipinski definition) is 2. The summed E-state index contributed by atoms with van der Waals surface area (Å²) < 4.78 is 4.57. The van der Waals surface area contributed by atoms with Crippen LogP contribution in [0.4, 0.5) is 0 Å². The highest BCUT2D eigenvalue weighted by Crippen LogP contribution is 2.23. The van der Waals surface area contributed by atoms with Crippen LogP contribution in [0.5, 0.6) is 0 Å². The van der Waals surface area contributed by atoms with Crippen molar-refractivity contribution in [3.05, 3.63) is 84.7 Å². The van der Waals surface area contributed by atoms with E-state index in [0.29, 0.717) is 0 Å². The SMILES string of the molecule is Cc1c(-c2ccccc2)ncn1CCCCCCn1cnc(-c2ccccc2)c1C. The number of benzene rings is 2. The van der Waals surface area contributed by atoms with Gasteiger partial charge in [0.1, 0.15) is 0 Å². The number of imidazole rings is 2. The van der Waals surface area contributed by atoms with E-state index < -0.39 is 0 Å². The Morgan fingerprint density at radius 1 is 0.567 bits per heavy atom. The second-order valence-corrected chi connectivity index (χ2v) is 7.89. The molecule has 2 aromatic heterocycles. The van der Waals surface area contributed by atoms with Crippen molar-refractivity contribution in [2.75, 3.05) is 0 Å². The van der Waals surface area contributed by atoms with Gasteiger partial charge in [-0.3, -0.25) is 0 Å². The fourth-order valence-corrected chi connectivity index (χ4v) is 4.01. The first-order chi connectivity index (χ1) is 14.7. The van der Waals surface area contributed by atoms with E-state index in [1.807, 2.05) is 24.8 Å². The van der Waals surface area contributed by atoms with Crippen LogP contribution in [-0.4, -0.2) is 19.1 Å². The normalized spacial score (nSPS) is 11.1. The third kappa shape index (κ3) is 4.54. The largest absolute Gasteiger partial charge is 0.334 e. The van der Waals surface area contributed by atoms with Crippen LogP contribution >= 0.6 is 0 Å². The molecule has 0 spiro atoms. The zero-order chi connectivity index (χ0) is 20.8. The van der Waals surface area contributed by atoms with E-state index in [1.54, 1.807) is 0 Å². The molecule has 4 heteroatoms. The molecule has 0 amide bonds. The van der Waals surface area contributed by atoms with Crippen molar-refractivity contribution < 1.29 is 0 Å². The van der Waals surface area contributed by atoms with Gasteiger partial charge in [-0.2, -0.15) is 0 Å². The monoisotopic (exact) mass is 398 g/mol. The predicted octanol–water partition coefficient (Wildman–Crippen LogP) is 6.29. The minimum Gasteiger partial charge on any atom is -0.334 e. The minimum absolute atomic E-state index is 1.04. The predicted molar refractivity (Wildman–Crippen MR) is 123 cm³/mol. The van der Waals surface area contributed by atoms with Gasteiger partial charge in [-0.1, -0.05) is 73.5 Å². The van der Waals surface area contributed by atoms with Crippen molar-refractivity contribution in [2.45, 2.75) is 52.6 Å². The van der Waals surface area contributed by atoms with Gasteiger partial charge in [0.15, 0.2) is 0 Å². The van der Waals surface area contributed by atoms with Gasteiger partial charge in [-0.25, -0.2) is 9.97 Å². The zero-order valence-electron chi connectivity index (χ0n) is 18.0. The van der Waals surface area contributed by atoms with Crippen LogP contribution in [-0.2, 0) is 13.1 Å². The fourth-order valence-electron chi connectivity index (χ4n) is 4.01. The summed E-state index contributed by atoms with van der Waals surface area (Å²) in [5.74, 6) is 0. The van der Waals surface area contributed by atoms with Crippen LogP contribution in [0.2, 0.25) is 0 Å². The van der Waals surface area contributed by atoms with Crippen LogP contribution in [0, 0.1) is 13.8 Å². The topological polar surface area (TPSA) is 35.6 Å². The van der Waals surface area contributed by atoms with E-state index in [9.17, 15) is 0 Å². The Kier molecular flexibility index (Phi) is 6.43. The number of aryl methyl sites for hydroxylation is 2. The summed E-state index contributed by atoms with van der Waals surface area (Å²) >= 11 is 0. The summed E-state index contributed by atoms with van der Waals surface area (Å²) in [5.41, 5.74) is 7.09. The van der Waals surface area contributed by atoms with Crippen LogP contribution in [0.1, 0.15) is 37.1 Å². The van der Waals surface area contributed by atoms with Gasteiger partial charge in [-0.15, -0.1) is 0 Å². The Hall–Kier alpha value is -3.14. The number of unbranched alkanes of at least 4 members (excludes halogenated alkanes) is 3. The second kappa shape index (κ2) is 9.57. The van der Waals surface area contributed by atoms with Gasteiger partial charge in [0, 0.05) is 35.6 Å². The lowest BCUT2D eigenvalue weighted by atomic mass is 10.1. The molecule has 0 aliphatic rings. The van der Waals surface area contributed by atoms with Crippen LogP contribution in [0.15, 0.2) is 73.3 Å². The molecular formula is C26H30N4. The molecule has 2 heterocycles. The molecule has 154 valence electrons. The molecule has 0 unspecified atom stereocenters. The summed E-state index contributed by atoms with van der Waals surface area (Å²) in [6.07, 6.45) is 8.80. The van der Waals surface area contributed by atoms with Gasteiger partial charge < -0.3 is 9.13 Å². The summed E-state index contributed by atoms with van der Waals surface area (Å²) in [6.45, 7) is 6.41. The molecule has 0 N–H and O–H groups in total. The van der Waals surface area contributed by atoms with Crippen molar-refractivity contribution in [2.24, 2.45) is 0 Å². The molecule has 0 bridgehead atoms. The van der Waals surface area contributed by atoms with Gasteiger partial charge in [0.2, 0.25) is 0 Å². The maximum atomic E-state index is 4.63. The zero-order valence-corrected chi connectivity index (χ0v) is 18.0. The number of hydrogen-bond donors (Lipinski definition) is 0. The number of aromatic nitrogens is 4. The Morgan fingerprint density at radius 2 is 0.967 bits per heavy atom. The van der Waals surface area contributed by atoms with Crippen molar-refractivity contribution in [1.82, 2.24) is 19.1 Å². The summed E-state index contributed by atoms with van der Waals surface area (Å²) in [5, 5.41) is 0. The van der Waals surface area contributed by atoms with Gasteiger partial charge in [-0.05, 0) is 26.7 Å². The molecule has 0 saturated heterocycles. The Morgan fingerprint density at radius 3 is 1.37 bits per heavy atom. The van der Waals surface area contributed by atoms with E-state index in [0.717, 1.165) is 24.5 Å². The summed E-state index contributed by atoms with van der Waals surface area (Å²) in [4.78, 5) is 9.26. The maximum absolute atomic E-state index is 4.63. The second-order valence-electron chi connectivity index (χ2n) is 7.89. The smallest absolute Gasteiger partial charge is 0.0955 e. The molecule has 30 heavy (non-hydrogen) atoms. The molecule has 4 rings (SSSR count). The first-order valence-corrected chi connectivity index (χ1v) is 10.9. The van der Waals surface area contributed by atoms with Crippen molar-refractivity contribution in [3.63, 3.8) is 0 Å². The van der Waals surface area contributed by atoms with Crippen LogP contribution in [0.25, 0.3) is 22.5 Å². The molecule has 0 atom stereocenters. The van der Waals surface area contributed by atoms with Crippen molar-refractivity contribution >= 4 is 0 Å². The highest BCUT2D eigenvalue weighted by Gasteiger charge is 2.09. The third-order valence-corrected chi connectivity index (χ3v) is 5.84. The van der Waals surface area contributed by atoms with Crippen LogP contribution in [0.3, 0.4) is 0 Å². The van der Waals surface area contributed by atoms with Crippen molar-refractivity contribution in [1.29, 1.82) is 0 Å². The molecule has 0 aliphatic heterocycles. The van der Waals surface area contributed by atoms with E-state index in [2.05, 4.69) is 81.5 Å². The Bertz CT molecular complexity index is 973.